The maximum Gasteiger partial charge on any atom is 0.118 e. The number of hydrogen-bond donors (Lipinski definition) is 0. The second kappa shape index (κ2) is 12.7. The van der Waals surface area contributed by atoms with Gasteiger partial charge in [0.25, 0.3) is 0 Å². The summed E-state index contributed by atoms with van der Waals surface area (Å²) in [7, 11) is 6.73. The van der Waals surface area contributed by atoms with Crippen LogP contribution in [0.5, 0.6) is 23.0 Å². The largest absolute Gasteiger partial charge is 0.497 e. The summed E-state index contributed by atoms with van der Waals surface area (Å²) in [5, 5.41) is 0. The third kappa shape index (κ3) is 7.05. The van der Waals surface area contributed by atoms with Crippen LogP contribution in [0.25, 0.3) is 0 Å². The van der Waals surface area contributed by atoms with Crippen molar-refractivity contribution in [1.29, 1.82) is 0 Å². The van der Waals surface area contributed by atoms with E-state index < -0.39 is 0 Å². The molecule has 0 heterocycles. The van der Waals surface area contributed by atoms with Crippen molar-refractivity contribution in [2.45, 2.75) is 25.7 Å². The van der Waals surface area contributed by atoms with Gasteiger partial charge in [0.15, 0.2) is 0 Å². The highest BCUT2D eigenvalue weighted by Crippen LogP contribution is 2.33. The van der Waals surface area contributed by atoms with E-state index in [9.17, 15) is 0 Å². The van der Waals surface area contributed by atoms with Crippen molar-refractivity contribution in [2.24, 2.45) is 0 Å². The van der Waals surface area contributed by atoms with Gasteiger partial charge in [-0.15, -0.1) is 0 Å². The van der Waals surface area contributed by atoms with Crippen molar-refractivity contribution < 1.29 is 18.9 Å². The van der Waals surface area contributed by atoms with Gasteiger partial charge in [-0.25, -0.2) is 0 Å². The summed E-state index contributed by atoms with van der Waals surface area (Å²) in [5.41, 5.74) is 5.03. The second-order valence-electron chi connectivity index (χ2n) is 8.95. The summed E-state index contributed by atoms with van der Waals surface area (Å²) in [5.74, 6) is 3.55. The predicted molar refractivity (Wildman–Crippen MR) is 147 cm³/mol. The van der Waals surface area contributed by atoms with E-state index >= 15 is 0 Å². The number of hydrogen-bond acceptors (Lipinski definition) is 4. The van der Waals surface area contributed by atoms with Gasteiger partial charge in [-0.1, -0.05) is 62.4 Å². The van der Waals surface area contributed by atoms with Crippen LogP contribution in [0.1, 0.15) is 36.1 Å². The lowest BCUT2D eigenvalue weighted by atomic mass is 9.78. The Hall–Kier alpha value is -3.92. The quantitative estimate of drug-likeness (QED) is 0.262. The van der Waals surface area contributed by atoms with Gasteiger partial charge in [0.05, 0.1) is 28.4 Å². The van der Waals surface area contributed by atoms with Crippen molar-refractivity contribution in [3.05, 3.63) is 119 Å². The van der Waals surface area contributed by atoms with Gasteiger partial charge < -0.3 is 18.9 Å². The molecule has 0 aliphatic carbocycles. The van der Waals surface area contributed by atoms with Gasteiger partial charge in [-0.3, -0.25) is 0 Å². The van der Waals surface area contributed by atoms with Gasteiger partial charge >= 0.3 is 0 Å². The Morgan fingerprint density at radius 2 is 0.667 bits per heavy atom. The normalized spacial score (nSPS) is 10.6. The van der Waals surface area contributed by atoms with Crippen LogP contribution in [0, 0.1) is 0 Å². The first-order valence-corrected chi connectivity index (χ1v) is 11.9. The molecule has 0 amide bonds. The van der Waals surface area contributed by atoms with Crippen LogP contribution in [-0.2, 0) is 11.8 Å². The lowest BCUT2D eigenvalue weighted by Gasteiger charge is -2.26. The van der Waals surface area contributed by atoms with Crippen LogP contribution in [0.3, 0.4) is 0 Å². The molecule has 4 rings (SSSR count). The molecule has 4 aromatic rings. The summed E-state index contributed by atoms with van der Waals surface area (Å²) in [6.07, 6.45) is 0.925. The summed E-state index contributed by atoms with van der Waals surface area (Å²) < 4.78 is 20.7. The third-order valence-corrected chi connectivity index (χ3v) is 6.35. The fourth-order valence-corrected chi connectivity index (χ4v) is 3.90. The molecule has 0 fully saturated rings. The molecule has 0 saturated heterocycles. The van der Waals surface area contributed by atoms with Gasteiger partial charge in [-0.2, -0.15) is 0 Å². The van der Waals surface area contributed by atoms with Crippen molar-refractivity contribution >= 4 is 0 Å². The first kappa shape index (κ1) is 26.7. The molecule has 0 saturated carbocycles. The zero-order valence-electron chi connectivity index (χ0n) is 22.1. The molecule has 0 aliphatic rings. The molecule has 0 N–H and O–H groups in total. The zero-order valence-corrected chi connectivity index (χ0v) is 22.1. The van der Waals surface area contributed by atoms with Crippen molar-refractivity contribution in [2.75, 3.05) is 28.4 Å². The van der Waals surface area contributed by atoms with Crippen LogP contribution >= 0.6 is 0 Å². The Morgan fingerprint density at radius 1 is 0.417 bits per heavy atom. The molecular weight excluding hydrogens is 448 g/mol. The van der Waals surface area contributed by atoms with E-state index in [1.165, 1.54) is 22.3 Å². The summed E-state index contributed by atoms with van der Waals surface area (Å²) in [4.78, 5) is 0. The molecule has 0 atom stereocenters. The number of ether oxygens (including phenoxy) is 4. The fourth-order valence-electron chi connectivity index (χ4n) is 3.90. The first-order chi connectivity index (χ1) is 17.4. The minimum atomic E-state index is -0.0431. The third-order valence-electron chi connectivity index (χ3n) is 6.35. The molecule has 0 unspecified atom stereocenters. The van der Waals surface area contributed by atoms with Crippen molar-refractivity contribution in [1.82, 2.24) is 0 Å². The van der Waals surface area contributed by atoms with Gasteiger partial charge in [0.1, 0.15) is 23.0 Å². The van der Waals surface area contributed by atoms with Crippen molar-refractivity contribution in [3.8, 4) is 23.0 Å². The summed E-state index contributed by atoms with van der Waals surface area (Å²) in [6.45, 7) is 4.44. The molecule has 188 valence electrons. The van der Waals surface area contributed by atoms with Crippen LogP contribution in [0.15, 0.2) is 97.1 Å². The lowest BCUT2D eigenvalue weighted by Crippen LogP contribution is -2.18. The van der Waals surface area contributed by atoms with E-state index in [1.54, 1.807) is 28.4 Å². The fraction of sp³-hybridized carbons (Fsp3) is 0.250. The highest BCUT2D eigenvalue weighted by Gasteiger charge is 2.23. The second-order valence-corrected chi connectivity index (χ2v) is 8.95. The topological polar surface area (TPSA) is 36.9 Å². The molecule has 4 heteroatoms. The molecule has 36 heavy (non-hydrogen) atoms. The molecule has 4 aromatic carbocycles. The SMILES string of the molecule is COc1ccc(C(C)(C)c2ccc(OC)cc2)cc1.COc1ccc(Cc2ccc(OC)cc2)cc1. The number of rotatable bonds is 8. The lowest BCUT2D eigenvalue weighted by molar-refractivity contribution is 0.414. The van der Waals surface area contributed by atoms with E-state index in [2.05, 4.69) is 62.4 Å². The average molecular weight is 485 g/mol. The van der Waals surface area contributed by atoms with Gasteiger partial charge in [0, 0.05) is 5.41 Å². The Kier molecular flexibility index (Phi) is 9.40. The van der Waals surface area contributed by atoms with E-state index in [1.807, 2.05) is 48.5 Å². The molecule has 0 aromatic heterocycles. The molecular formula is C32H36O4. The molecule has 0 radical (unpaired) electrons. The molecule has 4 nitrogen and oxygen atoms in total. The Labute approximate surface area is 215 Å². The highest BCUT2D eigenvalue weighted by molar-refractivity contribution is 5.42. The van der Waals surface area contributed by atoms with Crippen molar-refractivity contribution in [3.63, 3.8) is 0 Å². The molecule has 0 bridgehead atoms. The van der Waals surface area contributed by atoms with Crippen LogP contribution < -0.4 is 18.9 Å². The zero-order chi connectivity index (χ0) is 26.0. The smallest absolute Gasteiger partial charge is 0.118 e. The number of benzene rings is 4. The van der Waals surface area contributed by atoms with Crippen LogP contribution in [0.2, 0.25) is 0 Å². The van der Waals surface area contributed by atoms with Crippen LogP contribution in [0.4, 0.5) is 0 Å². The Morgan fingerprint density at radius 3 is 0.917 bits per heavy atom. The van der Waals surface area contributed by atoms with E-state index in [0.717, 1.165) is 29.4 Å². The standard InChI is InChI=1S/C17H20O2.C15H16O2/c1-17(2,13-5-9-15(18-3)10-6-13)14-7-11-16(19-4)12-8-14;1-16-14-7-3-12(4-8-14)11-13-5-9-15(17-2)10-6-13/h5-12H,1-4H3;3-10H,11H2,1-2H3. The van der Waals surface area contributed by atoms with E-state index in [0.29, 0.717) is 0 Å². The monoisotopic (exact) mass is 484 g/mol. The maximum absolute atomic E-state index is 5.20. The predicted octanol–water partition coefficient (Wildman–Crippen LogP) is 7.32. The average Bonchev–Trinajstić information content (AvgIpc) is 2.94. The Balaban J connectivity index is 0.000000202. The maximum atomic E-state index is 5.20. The van der Waals surface area contributed by atoms with Gasteiger partial charge in [0.2, 0.25) is 0 Å². The molecule has 0 spiro atoms. The minimum Gasteiger partial charge on any atom is -0.497 e. The highest BCUT2D eigenvalue weighted by atomic mass is 16.5. The van der Waals surface area contributed by atoms with E-state index in [-0.39, 0.29) is 5.41 Å². The van der Waals surface area contributed by atoms with Crippen LogP contribution in [-0.4, -0.2) is 28.4 Å². The number of methoxy groups -OCH3 is 4. The Bertz CT molecular complexity index is 1080. The summed E-state index contributed by atoms with van der Waals surface area (Å²) >= 11 is 0. The van der Waals surface area contributed by atoms with Gasteiger partial charge in [-0.05, 0) is 77.2 Å². The summed E-state index contributed by atoms with van der Waals surface area (Å²) in [6, 6.07) is 32.7. The molecule has 0 aliphatic heterocycles. The minimum absolute atomic E-state index is 0.0431. The van der Waals surface area contributed by atoms with E-state index in [4.69, 9.17) is 18.9 Å². The first-order valence-electron chi connectivity index (χ1n) is 11.9.